The van der Waals surface area contributed by atoms with Gasteiger partial charge in [0.1, 0.15) is 18.1 Å². The molecule has 1 aliphatic rings. The molecule has 0 N–H and O–H groups in total. The van der Waals surface area contributed by atoms with Crippen LogP contribution in [0.1, 0.15) is 5.56 Å². The molecule has 128 valence electrons. The van der Waals surface area contributed by atoms with E-state index in [-0.39, 0.29) is 21.5 Å². The van der Waals surface area contributed by atoms with E-state index in [0.29, 0.717) is 24.7 Å². The summed E-state index contributed by atoms with van der Waals surface area (Å²) in [6.45, 7) is 1.15. The maximum absolute atomic E-state index is 12.7. The van der Waals surface area contributed by atoms with Crippen LogP contribution in [-0.2, 0) is 16.6 Å². The van der Waals surface area contributed by atoms with Crippen LogP contribution in [-0.4, -0.2) is 33.0 Å². The van der Waals surface area contributed by atoms with Crippen LogP contribution in [0.5, 0.6) is 11.5 Å². The fourth-order valence-corrected chi connectivity index (χ4v) is 4.27. The number of hydrogen-bond acceptors (Lipinski definition) is 4. The Labute approximate surface area is 150 Å². The molecule has 2 aromatic carbocycles. The third kappa shape index (κ3) is 3.32. The first kappa shape index (κ1) is 17.4. The summed E-state index contributed by atoms with van der Waals surface area (Å²) in [7, 11) is -2.28. The van der Waals surface area contributed by atoms with E-state index in [1.807, 2.05) is 0 Å². The van der Waals surface area contributed by atoms with Crippen molar-refractivity contribution < 1.29 is 17.9 Å². The van der Waals surface area contributed by atoms with Gasteiger partial charge in [-0.05, 0) is 29.8 Å². The van der Waals surface area contributed by atoms with Crippen molar-refractivity contribution in [1.82, 2.24) is 4.31 Å². The molecule has 0 fully saturated rings. The van der Waals surface area contributed by atoms with Crippen molar-refractivity contribution in [3.05, 3.63) is 52.0 Å². The molecule has 0 amide bonds. The molecule has 1 aliphatic heterocycles. The second-order valence-electron chi connectivity index (χ2n) is 5.29. The quantitative estimate of drug-likeness (QED) is 0.804. The zero-order chi connectivity index (χ0) is 17.3. The van der Waals surface area contributed by atoms with Crippen molar-refractivity contribution in [3.63, 3.8) is 0 Å². The van der Waals surface area contributed by atoms with E-state index in [9.17, 15) is 8.42 Å². The molecule has 0 unspecified atom stereocenters. The molecule has 0 radical (unpaired) electrons. The second kappa shape index (κ2) is 6.80. The molecule has 0 saturated carbocycles. The standard InChI is InChI=1S/C16H15Cl2NO4S/c1-19(24(20,21)15-4-2-3-12(17)16(15)18)10-11-5-6-13-14(9-11)23-8-7-22-13/h2-6,9H,7-8,10H2,1H3. The topological polar surface area (TPSA) is 55.8 Å². The lowest BCUT2D eigenvalue weighted by molar-refractivity contribution is 0.171. The van der Waals surface area contributed by atoms with Crippen LogP contribution in [0.4, 0.5) is 0 Å². The Morgan fingerprint density at radius 1 is 1.08 bits per heavy atom. The lowest BCUT2D eigenvalue weighted by atomic mass is 10.2. The van der Waals surface area contributed by atoms with Crippen LogP contribution in [0.15, 0.2) is 41.3 Å². The van der Waals surface area contributed by atoms with Gasteiger partial charge in [0, 0.05) is 13.6 Å². The van der Waals surface area contributed by atoms with Crippen molar-refractivity contribution in [2.75, 3.05) is 20.3 Å². The Hall–Kier alpha value is -1.47. The molecule has 1 heterocycles. The fourth-order valence-electron chi connectivity index (χ4n) is 2.38. The van der Waals surface area contributed by atoms with Gasteiger partial charge in [-0.25, -0.2) is 8.42 Å². The van der Waals surface area contributed by atoms with Gasteiger partial charge in [-0.2, -0.15) is 4.31 Å². The minimum Gasteiger partial charge on any atom is -0.486 e. The SMILES string of the molecule is CN(Cc1ccc2c(c1)OCCO2)S(=O)(=O)c1cccc(Cl)c1Cl. The van der Waals surface area contributed by atoms with E-state index in [4.69, 9.17) is 32.7 Å². The van der Waals surface area contributed by atoms with Gasteiger partial charge < -0.3 is 9.47 Å². The molecule has 3 rings (SSSR count). The van der Waals surface area contributed by atoms with Crippen LogP contribution < -0.4 is 9.47 Å². The Balaban J connectivity index is 1.86. The molecular weight excluding hydrogens is 373 g/mol. The largest absolute Gasteiger partial charge is 0.486 e. The Morgan fingerprint density at radius 3 is 2.54 bits per heavy atom. The fraction of sp³-hybridized carbons (Fsp3) is 0.250. The minimum absolute atomic E-state index is 0.0169. The van der Waals surface area contributed by atoms with Gasteiger partial charge in [0.15, 0.2) is 11.5 Å². The zero-order valence-electron chi connectivity index (χ0n) is 12.8. The smallest absolute Gasteiger partial charge is 0.244 e. The predicted molar refractivity (Wildman–Crippen MR) is 92.5 cm³/mol. The molecule has 5 nitrogen and oxygen atoms in total. The Bertz CT molecular complexity index is 870. The average molecular weight is 388 g/mol. The summed E-state index contributed by atoms with van der Waals surface area (Å²) in [5, 5.41) is 0.221. The number of hydrogen-bond donors (Lipinski definition) is 0. The normalized spacial score (nSPS) is 14.0. The number of halogens is 2. The van der Waals surface area contributed by atoms with E-state index < -0.39 is 10.0 Å². The van der Waals surface area contributed by atoms with E-state index in [1.54, 1.807) is 30.3 Å². The number of ether oxygens (including phenoxy) is 2. The molecule has 0 aliphatic carbocycles. The van der Waals surface area contributed by atoms with Gasteiger partial charge >= 0.3 is 0 Å². The summed E-state index contributed by atoms with van der Waals surface area (Å²) in [6, 6.07) is 9.89. The monoisotopic (exact) mass is 387 g/mol. The number of rotatable bonds is 4. The summed E-state index contributed by atoms with van der Waals surface area (Å²) in [5.74, 6) is 1.28. The minimum atomic E-state index is -3.77. The summed E-state index contributed by atoms with van der Waals surface area (Å²) in [5.41, 5.74) is 0.781. The van der Waals surface area contributed by atoms with Gasteiger partial charge in [0.25, 0.3) is 0 Å². The van der Waals surface area contributed by atoms with Gasteiger partial charge in [-0.15, -0.1) is 0 Å². The molecule has 24 heavy (non-hydrogen) atoms. The first-order valence-electron chi connectivity index (χ1n) is 7.18. The van der Waals surface area contributed by atoms with Gasteiger partial charge in [0.05, 0.1) is 10.0 Å². The van der Waals surface area contributed by atoms with E-state index in [0.717, 1.165) is 5.56 Å². The van der Waals surface area contributed by atoms with Crippen molar-refractivity contribution in [2.45, 2.75) is 11.4 Å². The molecular formula is C16H15Cl2NO4S. The summed E-state index contributed by atoms with van der Waals surface area (Å²) in [4.78, 5) is -0.0169. The van der Waals surface area contributed by atoms with Crippen molar-refractivity contribution in [2.24, 2.45) is 0 Å². The molecule has 0 saturated heterocycles. The highest BCUT2D eigenvalue weighted by Gasteiger charge is 2.25. The average Bonchev–Trinajstić information content (AvgIpc) is 2.57. The molecule has 0 spiro atoms. The van der Waals surface area contributed by atoms with E-state index in [2.05, 4.69) is 0 Å². The highest BCUT2D eigenvalue weighted by molar-refractivity contribution is 7.89. The summed E-state index contributed by atoms with van der Waals surface area (Å²) < 4.78 is 37.6. The van der Waals surface area contributed by atoms with Crippen LogP contribution in [0.25, 0.3) is 0 Å². The first-order chi connectivity index (χ1) is 11.4. The van der Waals surface area contributed by atoms with Crippen LogP contribution in [0.2, 0.25) is 10.0 Å². The summed E-state index contributed by atoms with van der Waals surface area (Å²) >= 11 is 12.0. The predicted octanol–water partition coefficient (Wildman–Crippen LogP) is 3.59. The summed E-state index contributed by atoms with van der Waals surface area (Å²) in [6.07, 6.45) is 0. The number of fused-ring (bicyclic) bond motifs is 1. The maximum Gasteiger partial charge on any atom is 0.244 e. The Morgan fingerprint density at radius 2 is 1.79 bits per heavy atom. The maximum atomic E-state index is 12.7. The lowest BCUT2D eigenvalue weighted by Crippen LogP contribution is -2.27. The van der Waals surface area contributed by atoms with Gasteiger partial charge in [0.2, 0.25) is 10.0 Å². The Kier molecular flexibility index (Phi) is 4.92. The molecule has 0 bridgehead atoms. The first-order valence-corrected chi connectivity index (χ1v) is 9.38. The highest BCUT2D eigenvalue weighted by atomic mass is 35.5. The lowest BCUT2D eigenvalue weighted by Gasteiger charge is -2.21. The number of sulfonamides is 1. The highest BCUT2D eigenvalue weighted by Crippen LogP contribution is 2.33. The van der Waals surface area contributed by atoms with Crippen LogP contribution in [0, 0.1) is 0 Å². The van der Waals surface area contributed by atoms with Crippen molar-refractivity contribution >= 4 is 33.2 Å². The van der Waals surface area contributed by atoms with Crippen LogP contribution in [0.3, 0.4) is 0 Å². The zero-order valence-corrected chi connectivity index (χ0v) is 15.2. The molecule has 0 atom stereocenters. The number of nitrogens with zero attached hydrogens (tertiary/aromatic N) is 1. The van der Waals surface area contributed by atoms with Crippen molar-refractivity contribution in [1.29, 1.82) is 0 Å². The van der Waals surface area contributed by atoms with Gasteiger partial charge in [-0.1, -0.05) is 35.3 Å². The molecule has 2 aromatic rings. The van der Waals surface area contributed by atoms with Gasteiger partial charge in [-0.3, -0.25) is 0 Å². The third-order valence-corrected chi connectivity index (χ3v) is 6.39. The third-order valence-electron chi connectivity index (χ3n) is 3.62. The second-order valence-corrected chi connectivity index (χ2v) is 8.09. The van der Waals surface area contributed by atoms with Crippen molar-refractivity contribution in [3.8, 4) is 11.5 Å². The van der Waals surface area contributed by atoms with E-state index in [1.165, 1.54) is 17.4 Å². The number of benzene rings is 2. The molecule has 8 heteroatoms. The molecule has 0 aromatic heterocycles. The van der Waals surface area contributed by atoms with Crippen LogP contribution >= 0.6 is 23.2 Å². The van der Waals surface area contributed by atoms with E-state index >= 15 is 0 Å².